The molecule has 2 saturated carbocycles. The van der Waals surface area contributed by atoms with Gasteiger partial charge in [0.2, 0.25) is 5.91 Å². The van der Waals surface area contributed by atoms with Gasteiger partial charge in [-0.15, -0.1) is 12.4 Å². The van der Waals surface area contributed by atoms with Gasteiger partial charge >= 0.3 is 5.97 Å². The summed E-state index contributed by atoms with van der Waals surface area (Å²) >= 11 is 0. The van der Waals surface area contributed by atoms with E-state index in [0.717, 1.165) is 44.6 Å². The number of aliphatic carboxylic acids is 1. The summed E-state index contributed by atoms with van der Waals surface area (Å²) < 4.78 is 0. The largest absolute Gasteiger partial charge is 0.481 e. The van der Waals surface area contributed by atoms with Gasteiger partial charge in [0.15, 0.2) is 0 Å². The molecule has 0 spiro atoms. The van der Waals surface area contributed by atoms with Gasteiger partial charge in [-0.1, -0.05) is 13.3 Å². The molecule has 1 saturated heterocycles. The Bertz CT molecular complexity index is 479. The molecule has 6 heteroatoms. The molecular formula is C18H31ClN2O3. The summed E-state index contributed by atoms with van der Waals surface area (Å²) in [4.78, 5) is 26.4. The molecule has 3 atom stereocenters. The van der Waals surface area contributed by atoms with Gasteiger partial charge in [-0.2, -0.15) is 0 Å². The molecule has 3 fully saturated rings. The first-order valence-corrected chi connectivity index (χ1v) is 9.20. The quantitative estimate of drug-likeness (QED) is 0.810. The van der Waals surface area contributed by atoms with Crippen molar-refractivity contribution in [2.75, 3.05) is 13.1 Å². The number of rotatable bonds is 4. The van der Waals surface area contributed by atoms with Crippen molar-refractivity contribution in [1.82, 2.24) is 10.2 Å². The lowest BCUT2D eigenvalue weighted by Gasteiger charge is -2.31. The Morgan fingerprint density at radius 2 is 1.88 bits per heavy atom. The number of likely N-dealkylation sites (tertiary alicyclic amines) is 1. The average Bonchev–Trinajstić information content (AvgIpc) is 3.06. The lowest BCUT2D eigenvalue weighted by molar-refractivity contribution is -0.149. The summed E-state index contributed by atoms with van der Waals surface area (Å²) in [5.74, 6) is 0.390. The van der Waals surface area contributed by atoms with E-state index in [9.17, 15) is 14.7 Å². The molecule has 24 heavy (non-hydrogen) atoms. The third-order valence-electron chi connectivity index (χ3n) is 6.61. The van der Waals surface area contributed by atoms with E-state index < -0.39 is 11.4 Å². The Hall–Kier alpha value is -0.810. The van der Waals surface area contributed by atoms with Crippen molar-refractivity contribution in [1.29, 1.82) is 0 Å². The molecule has 2 aliphatic carbocycles. The third-order valence-corrected chi connectivity index (χ3v) is 6.61. The van der Waals surface area contributed by atoms with Gasteiger partial charge in [-0.05, 0) is 57.3 Å². The summed E-state index contributed by atoms with van der Waals surface area (Å²) in [6, 6.07) is 0.0767. The molecule has 1 heterocycles. The lowest BCUT2D eigenvalue weighted by Crippen LogP contribution is -2.49. The molecule has 138 valence electrons. The van der Waals surface area contributed by atoms with Crippen molar-refractivity contribution >= 4 is 24.3 Å². The summed E-state index contributed by atoms with van der Waals surface area (Å²) in [6.07, 6.45) is 7.27. The number of carboxylic acid groups (broad SMARTS) is 1. The van der Waals surface area contributed by atoms with Crippen LogP contribution in [0.15, 0.2) is 0 Å². The first-order valence-electron chi connectivity index (χ1n) is 9.20. The predicted molar refractivity (Wildman–Crippen MR) is 95.3 cm³/mol. The van der Waals surface area contributed by atoms with Crippen molar-refractivity contribution in [3.8, 4) is 0 Å². The molecule has 1 amide bonds. The third kappa shape index (κ3) is 3.57. The standard InChI is InChI=1S/C18H30N2O3.ClH/c1-12-5-7-15(8-6-12)19-16(21)13(2)20-10-14-4-3-9-18(14,11-20)17(22)23;/h12-15H,3-11H2,1-2H3,(H,19,21)(H,22,23);1H/t12?,13?,14-,15?,18+;/m0./s1. The zero-order valence-corrected chi connectivity index (χ0v) is 15.6. The second-order valence-electron chi connectivity index (χ2n) is 8.12. The van der Waals surface area contributed by atoms with Crippen LogP contribution >= 0.6 is 12.4 Å². The van der Waals surface area contributed by atoms with Gasteiger partial charge in [0.25, 0.3) is 0 Å². The van der Waals surface area contributed by atoms with Gasteiger partial charge in [0.1, 0.15) is 0 Å². The Labute approximate surface area is 151 Å². The highest BCUT2D eigenvalue weighted by Crippen LogP contribution is 2.49. The maximum atomic E-state index is 12.6. The van der Waals surface area contributed by atoms with Gasteiger partial charge in [-0.25, -0.2) is 0 Å². The molecule has 0 bridgehead atoms. The first-order chi connectivity index (χ1) is 10.9. The smallest absolute Gasteiger partial charge is 0.311 e. The SMILES string of the molecule is CC1CCC(NC(=O)C(C)N2C[C@@H]3CCC[C@@]3(C(=O)O)C2)CC1.Cl. The molecular weight excluding hydrogens is 328 g/mol. The van der Waals surface area contributed by atoms with Crippen molar-refractivity contribution in [3.05, 3.63) is 0 Å². The highest BCUT2D eigenvalue weighted by atomic mass is 35.5. The van der Waals surface area contributed by atoms with Crippen molar-refractivity contribution in [2.24, 2.45) is 17.3 Å². The van der Waals surface area contributed by atoms with E-state index in [2.05, 4.69) is 17.1 Å². The fourth-order valence-corrected chi connectivity index (χ4v) is 4.86. The number of hydrogen-bond acceptors (Lipinski definition) is 3. The topological polar surface area (TPSA) is 69.6 Å². The molecule has 0 aromatic heterocycles. The molecule has 0 radical (unpaired) electrons. The maximum absolute atomic E-state index is 12.6. The van der Waals surface area contributed by atoms with E-state index in [0.29, 0.717) is 12.6 Å². The van der Waals surface area contributed by atoms with Crippen molar-refractivity contribution < 1.29 is 14.7 Å². The zero-order chi connectivity index (χ0) is 16.6. The number of fused-ring (bicyclic) bond motifs is 1. The molecule has 1 unspecified atom stereocenters. The van der Waals surface area contributed by atoms with Crippen LogP contribution in [0.1, 0.15) is 58.8 Å². The average molecular weight is 359 g/mol. The molecule has 3 rings (SSSR count). The van der Waals surface area contributed by atoms with Crippen LogP contribution in [0.5, 0.6) is 0 Å². The minimum atomic E-state index is -0.670. The Morgan fingerprint density at radius 1 is 1.21 bits per heavy atom. The van der Waals surface area contributed by atoms with E-state index in [1.165, 1.54) is 12.8 Å². The fourth-order valence-electron chi connectivity index (χ4n) is 4.86. The first kappa shape index (κ1) is 19.5. The van der Waals surface area contributed by atoms with Crippen LogP contribution < -0.4 is 5.32 Å². The van der Waals surface area contributed by atoms with Gasteiger partial charge in [0.05, 0.1) is 11.5 Å². The second kappa shape index (κ2) is 7.61. The Kier molecular flexibility index (Phi) is 6.19. The van der Waals surface area contributed by atoms with Crippen LogP contribution in [-0.2, 0) is 9.59 Å². The molecule has 0 aromatic rings. The number of nitrogens with one attached hydrogen (secondary N) is 1. The molecule has 1 aliphatic heterocycles. The minimum absolute atomic E-state index is 0. The number of carbonyl (C=O) groups excluding carboxylic acids is 1. The molecule has 5 nitrogen and oxygen atoms in total. The van der Waals surface area contributed by atoms with Crippen LogP contribution in [0.4, 0.5) is 0 Å². The summed E-state index contributed by atoms with van der Waals surface area (Å²) in [6.45, 7) is 5.48. The number of carbonyl (C=O) groups is 2. The number of hydrogen-bond donors (Lipinski definition) is 2. The zero-order valence-electron chi connectivity index (χ0n) is 14.8. The maximum Gasteiger partial charge on any atom is 0.311 e. The predicted octanol–water partition coefficient (Wildman–Crippen LogP) is 2.68. The van der Waals surface area contributed by atoms with E-state index >= 15 is 0 Å². The van der Waals surface area contributed by atoms with Crippen LogP contribution in [0.25, 0.3) is 0 Å². The number of nitrogens with zero attached hydrogens (tertiary/aromatic N) is 1. The number of amides is 1. The van der Waals surface area contributed by atoms with Crippen LogP contribution in [0.3, 0.4) is 0 Å². The van der Waals surface area contributed by atoms with Crippen LogP contribution in [-0.4, -0.2) is 47.1 Å². The number of carboxylic acids is 1. The lowest BCUT2D eigenvalue weighted by atomic mass is 9.81. The van der Waals surface area contributed by atoms with Gasteiger partial charge in [-0.3, -0.25) is 14.5 Å². The monoisotopic (exact) mass is 358 g/mol. The van der Waals surface area contributed by atoms with Crippen LogP contribution in [0.2, 0.25) is 0 Å². The Balaban J connectivity index is 0.00000208. The highest BCUT2D eigenvalue weighted by Gasteiger charge is 2.55. The van der Waals surface area contributed by atoms with Crippen molar-refractivity contribution in [2.45, 2.75) is 70.9 Å². The van der Waals surface area contributed by atoms with Crippen molar-refractivity contribution in [3.63, 3.8) is 0 Å². The Morgan fingerprint density at radius 3 is 2.46 bits per heavy atom. The molecule has 0 aromatic carbocycles. The highest BCUT2D eigenvalue weighted by molar-refractivity contribution is 5.85. The van der Waals surface area contributed by atoms with E-state index in [1.807, 2.05) is 6.92 Å². The summed E-state index contributed by atoms with van der Waals surface area (Å²) in [7, 11) is 0. The van der Waals surface area contributed by atoms with E-state index in [-0.39, 0.29) is 30.3 Å². The molecule has 3 aliphatic rings. The fraction of sp³-hybridized carbons (Fsp3) is 0.889. The summed E-state index contributed by atoms with van der Waals surface area (Å²) in [5.41, 5.74) is -0.602. The number of halogens is 1. The van der Waals surface area contributed by atoms with E-state index in [4.69, 9.17) is 0 Å². The van der Waals surface area contributed by atoms with Gasteiger partial charge < -0.3 is 10.4 Å². The minimum Gasteiger partial charge on any atom is -0.481 e. The van der Waals surface area contributed by atoms with Gasteiger partial charge in [0, 0.05) is 19.1 Å². The summed E-state index contributed by atoms with van der Waals surface area (Å²) in [5, 5.41) is 12.9. The molecule has 2 N–H and O–H groups in total. The van der Waals surface area contributed by atoms with Crippen LogP contribution in [0, 0.1) is 17.3 Å². The second-order valence-corrected chi connectivity index (χ2v) is 8.12. The van der Waals surface area contributed by atoms with E-state index in [1.54, 1.807) is 0 Å². The normalized spacial score (nSPS) is 37.3.